The van der Waals surface area contributed by atoms with Crippen molar-refractivity contribution in [2.45, 2.75) is 20.3 Å². The molecule has 2 nitrogen and oxygen atoms in total. The number of benzene rings is 1. The Bertz CT molecular complexity index is 438. The van der Waals surface area contributed by atoms with E-state index in [-0.39, 0.29) is 11.5 Å². The quantitative estimate of drug-likeness (QED) is 0.634. The van der Waals surface area contributed by atoms with Crippen molar-refractivity contribution in [2.75, 3.05) is 0 Å². The van der Waals surface area contributed by atoms with Gasteiger partial charge in [0.25, 0.3) is 0 Å². The Morgan fingerprint density at radius 2 is 2.07 bits per heavy atom. The first-order valence-electron chi connectivity index (χ1n) is 4.63. The minimum atomic E-state index is 0.113. The zero-order valence-electron chi connectivity index (χ0n) is 8.29. The second kappa shape index (κ2) is 2.98. The molecule has 0 bridgehead atoms. The first-order chi connectivity index (χ1) is 6.61. The lowest BCUT2D eigenvalue weighted by Crippen LogP contribution is -1.95. The van der Waals surface area contributed by atoms with Crippen molar-refractivity contribution in [3.05, 3.63) is 34.9 Å². The molecule has 1 aromatic rings. The van der Waals surface area contributed by atoms with Gasteiger partial charge in [-0.25, -0.2) is 0 Å². The molecule has 1 aromatic carbocycles. The van der Waals surface area contributed by atoms with E-state index in [2.05, 4.69) is 0 Å². The molecular weight excluding hydrogens is 176 g/mol. The summed E-state index contributed by atoms with van der Waals surface area (Å²) in [4.78, 5) is 11.7. The predicted molar refractivity (Wildman–Crippen MR) is 55.1 cm³/mol. The van der Waals surface area contributed by atoms with Crippen molar-refractivity contribution >= 4 is 11.4 Å². The van der Waals surface area contributed by atoms with Crippen LogP contribution in [-0.2, 0) is 11.2 Å². The Hall–Kier alpha value is -1.57. The van der Waals surface area contributed by atoms with E-state index in [4.69, 9.17) is 0 Å². The molecule has 1 aliphatic carbocycles. The highest BCUT2D eigenvalue weighted by Gasteiger charge is 2.27. The number of fused-ring (bicyclic) bond motifs is 1. The summed E-state index contributed by atoms with van der Waals surface area (Å²) in [6.07, 6.45) is 0.336. The van der Waals surface area contributed by atoms with E-state index in [0.29, 0.717) is 6.42 Å². The fourth-order valence-electron chi connectivity index (χ4n) is 1.94. The molecule has 0 atom stereocenters. The standard InChI is InChI=1S/C12H12O2/c1-7(2)12-8-4-3-5-10(13)9(8)6-11(12)14/h3-5,13H,6H2,1-2H3. The van der Waals surface area contributed by atoms with Crippen LogP contribution in [0.4, 0.5) is 0 Å². The smallest absolute Gasteiger partial charge is 0.167 e. The third-order valence-corrected chi connectivity index (χ3v) is 2.54. The number of hydrogen-bond acceptors (Lipinski definition) is 2. The highest BCUT2D eigenvalue weighted by molar-refractivity contribution is 6.26. The molecule has 0 saturated heterocycles. The van der Waals surface area contributed by atoms with Crippen molar-refractivity contribution in [3.63, 3.8) is 0 Å². The molecule has 0 aliphatic heterocycles. The van der Waals surface area contributed by atoms with Crippen LogP contribution in [0.2, 0.25) is 0 Å². The molecule has 0 aromatic heterocycles. The molecule has 0 spiro atoms. The van der Waals surface area contributed by atoms with Crippen molar-refractivity contribution in [2.24, 2.45) is 0 Å². The Morgan fingerprint density at radius 3 is 2.71 bits per heavy atom. The zero-order valence-corrected chi connectivity index (χ0v) is 8.29. The summed E-state index contributed by atoms with van der Waals surface area (Å²) in [6.45, 7) is 3.85. The molecule has 1 aliphatic rings. The third kappa shape index (κ3) is 1.15. The van der Waals surface area contributed by atoms with Gasteiger partial charge >= 0.3 is 0 Å². The number of ketones is 1. The average molecular weight is 188 g/mol. The number of Topliss-reactive ketones (excluding diaryl/α,β-unsaturated/α-hetero) is 1. The van der Waals surface area contributed by atoms with Gasteiger partial charge in [-0.15, -0.1) is 0 Å². The van der Waals surface area contributed by atoms with Crippen LogP contribution in [0.1, 0.15) is 25.0 Å². The van der Waals surface area contributed by atoms with Gasteiger partial charge in [0.15, 0.2) is 5.78 Å². The summed E-state index contributed by atoms with van der Waals surface area (Å²) >= 11 is 0. The fraction of sp³-hybridized carbons (Fsp3) is 0.250. The summed E-state index contributed by atoms with van der Waals surface area (Å²) in [7, 11) is 0. The van der Waals surface area contributed by atoms with Gasteiger partial charge in [-0.1, -0.05) is 17.7 Å². The number of allylic oxidation sites excluding steroid dienone is 2. The van der Waals surface area contributed by atoms with Crippen molar-refractivity contribution in [3.8, 4) is 5.75 Å². The number of aromatic hydroxyl groups is 1. The van der Waals surface area contributed by atoms with E-state index in [1.165, 1.54) is 0 Å². The maximum Gasteiger partial charge on any atom is 0.167 e. The Labute approximate surface area is 82.9 Å². The minimum absolute atomic E-state index is 0.113. The zero-order chi connectivity index (χ0) is 10.3. The van der Waals surface area contributed by atoms with Crippen LogP contribution in [0.5, 0.6) is 5.75 Å². The number of phenols is 1. The summed E-state index contributed by atoms with van der Waals surface area (Å²) in [5.41, 5.74) is 3.46. The van der Waals surface area contributed by atoms with E-state index < -0.39 is 0 Å². The van der Waals surface area contributed by atoms with Crippen LogP contribution in [0.3, 0.4) is 0 Å². The molecule has 0 unspecified atom stereocenters. The largest absolute Gasteiger partial charge is 0.508 e. The van der Waals surface area contributed by atoms with Crippen molar-refractivity contribution in [1.82, 2.24) is 0 Å². The van der Waals surface area contributed by atoms with E-state index >= 15 is 0 Å². The lowest BCUT2D eigenvalue weighted by molar-refractivity contribution is -0.112. The predicted octanol–water partition coefficient (Wildman–Crippen LogP) is 2.31. The third-order valence-electron chi connectivity index (χ3n) is 2.54. The van der Waals surface area contributed by atoms with Gasteiger partial charge in [0.2, 0.25) is 0 Å². The number of phenolic OH excluding ortho intramolecular Hbond substituents is 1. The van der Waals surface area contributed by atoms with Crippen LogP contribution in [0.15, 0.2) is 23.8 Å². The molecule has 72 valence electrons. The van der Waals surface area contributed by atoms with E-state index in [1.54, 1.807) is 12.1 Å². The van der Waals surface area contributed by atoms with Gasteiger partial charge in [-0.3, -0.25) is 4.79 Å². The van der Waals surface area contributed by atoms with Gasteiger partial charge in [0.1, 0.15) is 5.75 Å². The molecule has 0 heterocycles. The summed E-state index contributed by atoms with van der Waals surface area (Å²) in [5.74, 6) is 0.341. The number of carbonyl (C=O) groups is 1. The molecule has 0 saturated carbocycles. The second-order valence-electron chi connectivity index (χ2n) is 3.78. The first kappa shape index (κ1) is 9.00. The Kier molecular flexibility index (Phi) is 1.92. The number of rotatable bonds is 0. The normalized spacial score (nSPS) is 14.4. The summed E-state index contributed by atoms with van der Waals surface area (Å²) in [5, 5.41) is 9.57. The molecular formula is C12H12O2. The monoisotopic (exact) mass is 188 g/mol. The van der Waals surface area contributed by atoms with Gasteiger partial charge in [-0.2, -0.15) is 0 Å². The van der Waals surface area contributed by atoms with Crippen LogP contribution in [-0.4, -0.2) is 10.9 Å². The number of carbonyl (C=O) groups excluding carboxylic acids is 1. The molecule has 2 rings (SSSR count). The van der Waals surface area contributed by atoms with Gasteiger partial charge in [-0.05, 0) is 25.5 Å². The fourth-order valence-corrected chi connectivity index (χ4v) is 1.94. The van der Waals surface area contributed by atoms with Gasteiger partial charge in [0.05, 0.1) is 0 Å². The van der Waals surface area contributed by atoms with E-state index in [9.17, 15) is 9.90 Å². The topological polar surface area (TPSA) is 37.3 Å². The lowest BCUT2D eigenvalue weighted by Gasteiger charge is -2.02. The maximum atomic E-state index is 11.7. The van der Waals surface area contributed by atoms with Crippen LogP contribution < -0.4 is 0 Å². The molecule has 2 heteroatoms. The van der Waals surface area contributed by atoms with Crippen LogP contribution >= 0.6 is 0 Å². The van der Waals surface area contributed by atoms with Crippen LogP contribution in [0.25, 0.3) is 5.57 Å². The maximum absolute atomic E-state index is 11.7. The molecule has 1 N–H and O–H groups in total. The van der Waals surface area contributed by atoms with Crippen LogP contribution in [0, 0.1) is 0 Å². The average Bonchev–Trinajstić information content (AvgIpc) is 2.42. The lowest BCUT2D eigenvalue weighted by atomic mass is 10.0. The summed E-state index contributed by atoms with van der Waals surface area (Å²) < 4.78 is 0. The highest BCUT2D eigenvalue weighted by Crippen LogP contribution is 2.36. The van der Waals surface area contributed by atoms with Crippen molar-refractivity contribution < 1.29 is 9.90 Å². The molecule has 14 heavy (non-hydrogen) atoms. The SMILES string of the molecule is CC(C)=C1C(=O)Cc2c(O)cccc21. The molecule has 0 fully saturated rings. The number of hydrogen-bond donors (Lipinski definition) is 1. The van der Waals surface area contributed by atoms with Crippen molar-refractivity contribution in [1.29, 1.82) is 0 Å². The Balaban J connectivity index is 2.71. The van der Waals surface area contributed by atoms with Gasteiger partial charge in [0, 0.05) is 17.6 Å². The van der Waals surface area contributed by atoms with E-state index in [1.807, 2.05) is 19.9 Å². The Morgan fingerprint density at radius 1 is 1.36 bits per heavy atom. The minimum Gasteiger partial charge on any atom is -0.508 e. The highest BCUT2D eigenvalue weighted by atomic mass is 16.3. The summed E-state index contributed by atoms with van der Waals surface area (Å²) in [6, 6.07) is 5.29. The van der Waals surface area contributed by atoms with Gasteiger partial charge < -0.3 is 5.11 Å². The molecule has 0 radical (unpaired) electrons. The first-order valence-corrected chi connectivity index (χ1v) is 4.63. The second-order valence-corrected chi connectivity index (χ2v) is 3.78. The molecule has 0 amide bonds. The van der Waals surface area contributed by atoms with E-state index in [0.717, 1.165) is 22.3 Å².